The van der Waals surface area contributed by atoms with E-state index in [1.54, 1.807) is 4.90 Å². The number of carbonyl (C=O) groups excluding carboxylic acids is 3. The van der Waals surface area contributed by atoms with Crippen LogP contribution in [-0.4, -0.2) is 47.3 Å². The highest BCUT2D eigenvalue weighted by atomic mass is 16.2. The molecule has 1 aromatic carbocycles. The predicted molar refractivity (Wildman–Crippen MR) is 105 cm³/mol. The fourth-order valence-electron chi connectivity index (χ4n) is 3.53. The molecule has 1 fully saturated rings. The topological polar surface area (TPSA) is 69.7 Å². The molecule has 6 heteroatoms. The molecular weight excluding hydrogens is 342 g/mol. The Kier molecular flexibility index (Phi) is 6.63. The predicted octanol–water partition coefficient (Wildman–Crippen LogP) is 2.98. The molecule has 0 spiro atoms. The van der Waals surface area contributed by atoms with Crippen LogP contribution in [-0.2, 0) is 15.1 Å². The van der Waals surface area contributed by atoms with Gasteiger partial charge in [-0.25, -0.2) is 4.79 Å². The van der Waals surface area contributed by atoms with E-state index in [-0.39, 0.29) is 18.4 Å². The van der Waals surface area contributed by atoms with Gasteiger partial charge in [-0.3, -0.25) is 14.5 Å². The number of urea groups is 1. The van der Waals surface area contributed by atoms with E-state index in [9.17, 15) is 14.4 Å². The normalized spacial score (nSPS) is 19.7. The molecule has 0 aliphatic carbocycles. The third kappa shape index (κ3) is 4.49. The Balaban J connectivity index is 2.22. The van der Waals surface area contributed by atoms with Gasteiger partial charge in [0, 0.05) is 13.1 Å². The van der Waals surface area contributed by atoms with Crippen LogP contribution in [0.15, 0.2) is 30.3 Å². The maximum absolute atomic E-state index is 13.1. The highest BCUT2D eigenvalue weighted by Crippen LogP contribution is 2.32. The molecule has 0 radical (unpaired) electrons. The molecule has 1 atom stereocenters. The third-order valence-electron chi connectivity index (χ3n) is 4.79. The first-order valence-corrected chi connectivity index (χ1v) is 9.68. The lowest BCUT2D eigenvalue weighted by atomic mass is 9.87. The number of hydrogen-bond acceptors (Lipinski definition) is 3. The first-order chi connectivity index (χ1) is 12.7. The first kappa shape index (κ1) is 20.9. The van der Waals surface area contributed by atoms with Crippen molar-refractivity contribution in [3.8, 4) is 0 Å². The van der Waals surface area contributed by atoms with Crippen LogP contribution >= 0.6 is 0 Å². The minimum atomic E-state index is -1.10. The van der Waals surface area contributed by atoms with Gasteiger partial charge < -0.3 is 10.2 Å². The fourth-order valence-corrected chi connectivity index (χ4v) is 3.53. The molecule has 27 heavy (non-hydrogen) atoms. The summed E-state index contributed by atoms with van der Waals surface area (Å²) >= 11 is 0. The van der Waals surface area contributed by atoms with Crippen molar-refractivity contribution in [1.82, 2.24) is 15.1 Å². The summed E-state index contributed by atoms with van der Waals surface area (Å²) in [4.78, 5) is 41.4. The molecule has 1 heterocycles. The molecular formula is C21H31N3O3. The second-order valence-corrected chi connectivity index (χ2v) is 8.03. The highest BCUT2D eigenvalue weighted by Gasteiger charge is 2.51. The molecule has 1 aromatic rings. The lowest BCUT2D eigenvalue weighted by Gasteiger charge is -2.28. The van der Waals surface area contributed by atoms with Crippen LogP contribution in [0, 0.1) is 11.8 Å². The van der Waals surface area contributed by atoms with E-state index in [4.69, 9.17) is 0 Å². The second-order valence-electron chi connectivity index (χ2n) is 8.03. The van der Waals surface area contributed by atoms with E-state index in [1.807, 2.05) is 65.0 Å². The molecule has 1 N–H and O–H groups in total. The van der Waals surface area contributed by atoms with Gasteiger partial charge in [0.15, 0.2) is 0 Å². The number of nitrogens with zero attached hydrogens (tertiary/aromatic N) is 2. The summed E-state index contributed by atoms with van der Waals surface area (Å²) in [5, 5.41) is 2.83. The second kappa shape index (κ2) is 8.55. The number of carbonyl (C=O) groups is 3. The summed E-state index contributed by atoms with van der Waals surface area (Å²) < 4.78 is 0. The van der Waals surface area contributed by atoms with E-state index in [1.165, 1.54) is 0 Å². The van der Waals surface area contributed by atoms with Gasteiger partial charge in [0.2, 0.25) is 5.91 Å². The van der Waals surface area contributed by atoms with Crippen LogP contribution in [0.3, 0.4) is 0 Å². The van der Waals surface area contributed by atoms with Crippen molar-refractivity contribution in [1.29, 1.82) is 0 Å². The molecule has 0 unspecified atom stereocenters. The number of imide groups is 1. The number of rotatable bonds is 8. The van der Waals surface area contributed by atoms with Gasteiger partial charge in [0.1, 0.15) is 12.1 Å². The van der Waals surface area contributed by atoms with Crippen molar-refractivity contribution >= 4 is 17.8 Å². The van der Waals surface area contributed by atoms with Crippen LogP contribution in [0.1, 0.15) is 46.6 Å². The zero-order valence-corrected chi connectivity index (χ0v) is 17.0. The van der Waals surface area contributed by atoms with Gasteiger partial charge in [-0.15, -0.1) is 0 Å². The molecule has 4 amide bonds. The summed E-state index contributed by atoms with van der Waals surface area (Å²) in [6.45, 7) is 11.0. The van der Waals surface area contributed by atoms with Crippen molar-refractivity contribution in [2.75, 3.05) is 19.6 Å². The maximum Gasteiger partial charge on any atom is 0.325 e. The molecule has 1 saturated heterocycles. The van der Waals surface area contributed by atoms with E-state index >= 15 is 0 Å². The molecule has 1 aliphatic rings. The number of benzene rings is 1. The lowest BCUT2D eigenvalue weighted by molar-refractivity contribution is -0.139. The molecule has 6 nitrogen and oxygen atoms in total. The Morgan fingerprint density at radius 1 is 1.07 bits per heavy atom. The lowest BCUT2D eigenvalue weighted by Crippen LogP contribution is -2.47. The number of nitrogens with one attached hydrogen (secondary N) is 1. The SMILES string of the molecule is CC[C@@]1(c2ccccc2)NC(=O)N(CC(=O)N(CC(C)C)CC(C)C)C1=O. The summed E-state index contributed by atoms with van der Waals surface area (Å²) in [5.41, 5.74) is -0.360. The van der Waals surface area contributed by atoms with Gasteiger partial charge in [-0.1, -0.05) is 65.0 Å². The fraction of sp³-hybridized carbons (Fsp3) is 0.571. The van der Waals surface area contributed by atoms with Crippen molar-refractivity contribution in [3.63, 3.8) is 0 Å². The summed E-state index contributed by atoms with van der Waals surface area (Å²) in [7, 11) is 0. The van der Waals surface area contributed by atoms with Crippen LogP contribution in [0.4, 0.5) is 4.79 Å². The van der Waals surface area contributed by atoms with E-state index in [2.05, 4.69) is 5.32 Å². The Hall–Kier alpha value is -2.37. The number of hydrogen-bond donors (Lipinski definition) is 1. The Labute approximate surface area is 161 Å². The maximum atomic E-state index is 13.1. The zero-order chi connectivity index (χ0) is 20.2. The minimum absolute atomic E-state index is 0.194. The smallest absolute Gasteiger partial charge is 0.325 e. The van der Waals surface area contributed by atoms with Crippen LogP contribution < -0.4 is 5.32 Å². The van der Waals surface area contributed by atoms with E-state index in [0.29, 0.717) is 31.3 Å². The Morgan fingerprint density at radius 2 is 1.63 bits per heavy atom. The standard InChI is InChI=1S/C21H31N3O3/c1-6-21(17-10-8-7-9-11-17)19(26)24(20(27)22-21)14-18(25)23(12-15(2)3)13-16(4)5/h7-11,15-16H,6,12-14H2,1-5H3,(H,22,27)/t21-/m0/s1. The van der Waals surface area contributed by atoms with Crippen molar-refractivity contribution in [2.45, 2.75) is 46.6 Å². The monoisotopic (exact) mass is 373 g/mol. The summed E-state index contributed by atoms with van der Waals surface area (Å²) in [6.07, 6.45) is 0.425. The Morgan fingerprint density at radius 3 is 2.11 bits per heavy atom. The van der Waals surface area contributed by atoms with E-state index < -0.39 is 11.6 Å². The quantitative estimate of drug-likeness (QED) is 0.712. The van der Waals surface area contributed by atoms with Crippen molar-refractivity contribution < 1.29 is 14.4 Å². The van der Waals surface area contributed by atoms with Crippen LogP contribution in [0.5, 0.6) is 0 Å². The average Bonchev–Trinajstić information content (AvgIpc) is 2.86. The minimum Gasteiger partial charge on any atom is -0.341 e. The van der Waals surface area contributed by atoms with Gasteiger partial charge in [0.25, 0.3) is 5.91 Å². The van der Waals surface area contributed by atoms with Crippen LogP contribution in [0.25, 0.3) is 0 Å². The first-order valence-electron chi connectivity index (χ1n) is 9.68. The van der Waals surface area contributed by atoms with Crippen molar-refractivity contribution in [3.05, 3.63) is 35.9 Å². The largest absolute Gasteiger partial charge is 0.341 e. The molecule has 1 aliphatic heterocycles. The number of amides is 4. The van der Waals surface area contributed by atoms with Gasteiger partial charge in [-0.05, 0) is 23.8 Å². The molecule has 148 valence electrons. The Bertz CT molecular complexity index is 677. The summed E-state index contributed by atoms with van der Waals surface area (Å²) in [5.74, 6) is 0.0779. The molecule has 2 rings (SSSR count). The van der Waals surface area contributed by atoms with Crippen molar-refractivity contribution in [2.24, 2.45) is 11.8 Å². The van der Waals surface area contributed by atoms with Gasteiger partial charge >= 0.3 is 6.03 Å². The molecule has 0 aromatic heterocycles. The van der Waals surface area contributed by atoms with Crippen LogP contribution in [0.2, 0.25) is 0 Å². The van der Waals surface area contributed by atoms with Gasteiger partial charge in [0.05, 0.1) is 0 Å². The van der Waals surface area contributed by atoms with Gasteiger partial charge in [-0.2, -0.15) is 0 Å². The molecule has 0 bridgehead atoms. The average molecular weight is 373 g/mol. The zero-order valence-electron chi connectivity index (χ0n) is 17.0. The molecule has 0 saturated carbocycles. The third-order valence-corrected chi connectivity index (χ3v) is 4.79. The van der Waals surface area contributed by atoms with E-state index in [0.717, 1.165) is 10.5 Å². The highest BCUT2D eigenvalue weighted by molar-refractivity contribution is 6.09. The summed E-state index contributed by atoms with van der Waals surface area (Å²) in [6, 6.07) is 8.70.